The first-order valence-corrected chi connectivity index (χ1v) is 8.42. The third kappa shape index (κ3) is 2.45. The summed E-state index contributed by atoms with van der Waals surface area (Å²) in [5, 5.41) is 0. The molecule has 4 rings (SSSR count). The van der Waals surface area contributed by atoms with E-state index >= 15 is 0 Å². The summed E-state index contributed by atoms with van der Waals surface area (Å²) in [6.07, 6.45) is 8.42. The molecule has 3 heterocycles. The van der Waals surface area contributed by atoms with Crippen molar-refractivity contribution in [2.45, 2.75) is 38.3 Å². The first-order valence-electron chi connectivity index (χ1n) is 8.42. The van der Waals surface area contributed by atoms with Gasteiger partial charge in [-0.05, 0) is 31.4 Å². The van der Waals surface area contributed by atoms with Crippen LogP contribution >= 0.6 is 0 Å². The van der Waals surface area contributed by atoms with Crippen molar-refractivity contribution in [1.29, 1.82) is 0 Å². The molecule has 0 N–H and O–H groups in total. The zero-order chi connectivity index (χ0) is 14.9. The molecule has 3 aliphatic rings. The van der Waals surface area contributed by atoms with E-state index in [1.807, 2.05) is 6.07 Å². The highest BCUT2D eigenvalue weighted by atomic mass is 16.7. The molecule has 0 aromatic heterocycles. The standard InChI is InChI=1S/C18H24N2O2/c1-2-14-4-3-9-20(14)15-7-10-19(11-8-15)16-5-6-17-18(12-16)22-13-21-17/h3-6,12,14-15H,2,7-11,13H2,1H3. The van der Waals surface area contributed by atoms with Crippen LogP contribution in [0.15, 0.2) is 30.4 Å². The van der Waals surface area contributed by atoms with E-state index in [-0.39, 0.29) is 0 Å². The Morgan fingerprint density at radius 1 is 1.14 bits per heavy atom. The highest BCUT2D eigenvalue weighted by Gasteiger charge is 2.29. The molecule has 1 aromatic carbocycles. The molecular formula is C18H24N2O2. The number of hydrogen-bond acceptors (Lipinski definition) is 4. The molecule has 0 bridgehead atoms. The van der Waals surface area contributed by atoms with Crippen LogP contribution in [0.4, 0.5) is 5.69 Å². The lowest BCUT2D eigenvalue weighted by molar-refractivity contribution is 0.163. The SMILES string of the molecule is CCC1C=CCN1C1CCN(c2ccc3c(c2)OCO3)CC1. The maximum Gasteiger partial charge on any atom is 0.231 e. The fourth-order valence-electron chi connectivity index (χ4n) is 3.91. The van der Waals surface area contributed by atoms with E-state index in [1.54, 1.807) is 0 Å². The van der Waals surface area contributed by atoms with Gasteiger partial charge in [-0.3, -0.25) is 4.90 Å². The van der Waals surface area contributed by atoms with Crippen molar-refractivity contribution >= 4 is 5.69 Å². The van der Waals surface area contributed by atoms with Gasteiger partial charge in [0.25, 0.3) is 0 Å². The molecular weight excluding hydrogens is 276 g/mol. The maximum atomic E-state index is 5.50. The molecule has 1 atom stereocenters. The first-order chi connectivity index (χ1) is 10.8. The molecule has 0 radical (unpaired) electrons. The number of piperidine rings is 1. The van der Waals surface area contributed by atoms with Crippen LogP contribution in [0.25, 0.3) is 0 Å². The summed E-state index contributed by atoms with van der Waals surface area (Å²) in [4.78, 5) is 5.15. The van der Waals surface area contributed by atoms with Gasteiger partial charge in [-0.25, -0.2) is 0 Å². The third-order valence-electron chi connectivity index (χ3n) is 5.17. The molecule has 22 heavy (non-hydrogen) atoms. The highest BCUT2D eigenvalue weighted by Crippen LogP contribution is 2.36. The summed E-state index contributed by atoms with van der Waals surface area (Å²) in [5.74, 6) is 1.75. The van der Waals surface area contributed by atoms with E-state index in [9.17, 15) is 0 Å². The molecule has 4 heteroatoms. The van der Waals surface area contributed by atoms with E-state index in [1.165, 1.54) is 24.9 Å². The second kappa shape index (κ2) is 5.84. The Morgan fingerprint density at radius 2 is 1.95 bits per heavy atom. The second-order valence-corrected chi connectivity index (χ2v) is 6.36. The molecule has 4 nitrogen and oxygen atoms in total. The Hall–Kier alpha value is -1.68. The Kier molecular flexibility index (Phi) is 3.70. The van der Waals surface area contributed by atoms with Crippen molar-refractivity contribution in [2.24, 2.45) is 0 Å². The summed E-state index contributed by atoms with van der Waals surface area (Å²) >= 11 is 0. The lowest BCUT2D eigenvalue weighted by Crippen LogP contribution is -2.47. The second-order valence-electron chi connectivity index (χ2n) is 6.36. The monoisotopic (exact) mass is 300 g/mol. The van der Waals surface area contributed by atoms with Crippen molar-refractivity contribution in [3.8, 4) is 11.5 Å². The number of rotatable bonds is 3. The number of nitrogens with zero attached hydrogens (tertiary/aromatic N) is 2. The molecule has 1 aromatic rings. The molecule has 0 aliphatic carbocycles. The van der Waals surface area contributed by atoms with Gasteiger partial charge < -0.3 is 14.4 Å². The number of benzene rings is 1. The molecule has 1 saturated heterocycles. The van der Waals surface area contributed by atoms with Crippen molar-refractivity contribution in [2.75, 3.05) is 31.3 Å². The van der Waals surface area contributed by atoms with Gasteiger partial charge >= 0.3 is 0 Å². The Balaban J connectivity index is 1.39. The average molecular weight is 300 g/mol. The summed E-state index contributed by atoms with van der Waals surface area (Å²) < 4.78 is 10.9. The summed E-state index contributed by atoms with van der Waals surface area (Å²) in [6.45, 7) is 6.01. The zero-order valence-electron chi connectivity index (χ0n) is 13.2. The normalized spacial score (nSPS) is 25.1. The van der Waals surface area contributed by atoms with Gasteiger partial charge in [0.1, 0.15) is 0 Å². The molecule has 118 valence electrons. The number of anilines is 1. The van der Waals surface area contributed by atoms with E-state index < -0.39 is 0 Å². The van der Waals surface area contributed by atoms with Gasteiger partial charge in [-0.1, -0.05) is 19.1 Å². The summed E-state index contributed by atoms with van der Waals surface area (Å²) in [7, 11) is 0. The molecule has 1 unspecified atom stereocenters. The Bertz CT molecular complexity index is 564. The predicted octanol–water partition coefficient (Wildman–Crippen LogP) is 3.03. The zero-order valence-corrected chi connectivity index (χ0v) is 13.2. The molecule has 0 amide bonds. The first kappa shape index (κ1) is 13.9. The van der Waals surface area contributed by atoms with E-state index in [4.69, 9.17) is 9.47 Å². The minimum absolute atomic E-state index is 0.348. The van der Waals surface area contributed by atoms with E-state index in [0.29, 0.717) is 12.8 Å². The van der Waals surface area contributed by atoms with Crippen LogP contribution in [-0.2, 0) is 0 Å². The lowest BCUT2D eigenvalue weighted by Gasteiger charge is -2.40. The van der Waals surface area contributed by atoms with Crippen molar-refractivity contribution in [3.63, 3.8) is 0 Å². The van der Waals surface area contributed by atoms with Crippen LogP contribution in [0.2, 0.25) is 0 Å². The van der Waals surface area contributed by atoms with Crippen molar-refractivity contribution < 1.29 is 9.47 Å². The van der Waals surface area contributed by atoms with Crippen LogP contribution in [0.1, 0.15) is 26.2 Å². The topological polar surface area (TPSA) is 24.9 Å². The molecule has 0 saturated carbocycles. The van der Waals surface area contributed by atoms with E-state index in [0.717, 1.165) is 37.2 Å². The third-order valence-corrected chi connectivity index (χ3v) is 5.17. The van der Waals surface area contributed by atoms with Crippen LogP contribution in [0, 0.1) is 0 Å². The number of fused-ring (bicyclic) bond motifs is 1. The van der Waals surface area contributed by atoms with E-state index in [2.05, 4.69) is 41.0 Å². The minimum atomic E-state index is 0.348. The largest absolute Gasteiger partial charge is 0.454 e. The number of ether oxygens (including phenoxy) is 2. The van der Waals surface area contributed by atoms with Gasteiger partial charge in [-0.2, -0.15) is 0 Å². The van der Waals surface area contributed by atoms with Crippen LogP contribution in [0.3, 0.4) is 0 Å². The quantitative estimate of drug-likeness (QED) is 0.801. The highest BCUT2D eigenvalue weighted by molar-refractivity contribution is 5.57. The van der Waals surface area contributed by atoms with Crippen LogP contribution < -0.4 is 14.4 Å². The fourth-order valence-corrected chi connectivity index (χ4v) is 3.91. The van der Waals surface area contributed by atoms with Gasteiger partial charge in [-0.15, -0.1) is 0 Å². The maximum absolute atomic E-state index is 5.50. The smallest absolute Gasteiger partial charge is 0.231 e. The molecule has 0 spiro atoms. The van der Waals surface area contributed by atoms with Crippen molar-refractivity contribution in [3.05, 3.63) is 30.4 Å². The Labute approximate surface area is 132 Å². The van der Waals surface area contributed by atoms with Gasteiger partial charge in [0, 0.05) is 43.5 Å². The summed E-state index contributed by atoms with van der Waals surface area (Å²) in [6, 6.07) is 7.68. The average Bonchev–Trinajstić information content (AvgIpc) is 3.23. The van der Waals surface area contributed by atoms with Crippen molar-refractivity contribution in [1.82, 2.24) is 4.90 Å². The molecule has 1 fully saturated rings. The number of hydrogen-bond donors (Lipinski definition) is 0. The lowest BCUT2D eigenvalue weighted by atomic mass is 10.0. The predicted molar refractivity (Wildman–Crippen MR) is 87.7 cm³/mol. The van der Waals surface area contributed by atoms with Gasteiger partial charge in [0.15, 0.2) is 11.5 Å². The molecule has 3 aliphatic heterocycles. The minimum Gasteiger partial charge on any atom is -0.454 e. The van der Waals surface area contributed by atoms with Crippen LogP contribution in [0.5, 0.6) is 11.5 Å². The van der Waals surface area contributed by atoms with Crippen LogP contribution in [-0.4, -0.2) is 43.4 Å². The fraction of sp³-hybridized carbons (Fsp3) is 0.556. The Morgan fingerprint density at radius 3 is 2.77 bits per heavy atom. The summed E-state index contributed by atoms with van der Waals surface area (Å²) in [5.41, 5.74) is 1.26. The van der Waals surface area contributed by atoms with Gasteiger partial charge in [0.2, 0.25) is 6.79 Å². The van der Waals surface area contributed by atoms with Gasteiger partial charge in [0.05, 0.1) is 0 Å².